The minimum absolute atomic E-state index is 0.238. The Kier molecular flexibility index (Phi) is 2.22. The van der Waals surface area contributed by atoms with Gasteiger partial charge in [0.1, 0.15) is 0 Å². The van der Waals surface area contributed by atoms with Crippen LogP contribution in [-0.4, -0.2) is 21.0 Å². The average molecular weight is 266 g/mol. The Labute approximate surface area is 74.6 Å². The molecule has 0 aliphatic heterocycles. The normalized spacial score (nSPS) is 9.55. The molecule has 0 aliphatic carbocycles. The second-order valence-corrected chi connectivity index (χ2v) is 2.75. The number of hydrogen-bond acceptors (Lipinski definition) is 3. The largest absolute Gasteiger partial charge is 0.477 e. The first kappa shape index (κ1) is 8.18. The molecule has 11 heavy (non-hydrogen) atoms. The number of nitrogens with one attached hydrogen (secondary N) is 1. The Morgan fingerprint density at radius 2 is 2.36 bits per heavy atom. The maximum Gasteiger partial charge on any atom is 0.354 e. The van der Waals surface area contributed by atoms with E-state index < -0.39 is 11.5 Å². The number of carbonyl (C=O) groups is 1. The number of aromatic amines is 1. The van der Waals surface area contributed by atoms with Crippen molar-refractivity contribution in [3.8, 4) is 0 Å². The zero-order valence-electron chi connectivity index (χ0n) is 5.17. The van der Waals surface area contributed by atoms with Crippen LogP contribution in [0.5, 0.6) is 0 Å². The molecule has 0 radical (unpaired) electrons. The van der Waals surface area contributed by atoms with Crippen molar-refractivity contribution in [3.63, 3.8) is 0 Å². The lowest BCUT2D eigenvalue weighted by Crippen LogP contribution is -2.13. The monoisotopic (exact) mass is 266 g/mol. The lowest BCUT2D eigenvalue weighted by molar-refractivity contribution is 0.0690. The van der Waals surface area contributed by atoms with E-state index in [1.165, 1.54) is 0 Å². The summed E-state index contributed by atoms with van der Waals surface area (Å²) in [6.07, 6.45) is 0. The first-order valence-corrected chi connectivity index (χ1v) is 3.67. The van der Waals surface area contributed by atoms with E-state index in [9.17, 15) is 9.59 Å². The number of rotatable bonds is 1. The molecule has 0 aliphatic rings. The van der Waals surface area contributed by atoms with Crippen molar-refractivity contribution in [2.45, 2.75) is 0 Å². The summed E-state index contributed by atoms with van der Waals surface area (Å²) in [4.78, 5) is 26.8. The molecule has 0 saturated heterocycles. The Morgan fingerprint density at radius 3 is 2.82 bits per heavy atom. The van der Waals surface area contributed by atoms with Gasteiger partial charge in [0.2, 0.25) is 0 Å². The van der Waals surface area contributed by atoms with Crippen molar-refractivity contribution in [3.05, 3.63) is 25.9 Å². The van der Waals surface area contributed by atoms with Gasteiger partial charge in [0.15, 0.2) is 9.53 Å². The first-order chi connectivity index (χ1) is 5.09. The summed E-state index contributed by atoms with van der Waals surface area (Å²) in [5, 5.41) is 8.42. The number of aromatic carboxylic acids is 1. The topological polar surface area (TPSA) is 83.0 Å². The number of carboxylic acids is 1. The molecular formula is C5H3IN2O3. The van der Waals surface area contributed by atoms with Crippen LogP contribution in [0.2, 0.25) is 0 Å². The summed E-state index contributed by atoms with van der Waals surface area (Å²) in [5.41, 5.74) is -0.694. The predicted molar refractivity (Wildman–Crippen MR) is 44.5 cm³/mol. The van der Waals surface area contributed by atoms with E-state index in [0.29, 0.717) is 0 Å². The molecule has 1 aromatic rings. The lowest BCUT2D eigenvalue weighted by atomic mass is 10.4. The van der Waals surface area contributed by atoms with E-state index in [4.69, 9.17) is 5.11 Å². The van der Waals surface area contributed by atoms with Gasteiger partial charge < -0.3 is 10.1 Å². The molecule has 0 aromatic carbocycles. The third kappa shape index (κ3) is 2.00. The van der Waals surface area contributed by atoms with E-state index in [1.54, 1.807) is 22.6 Å². The van der Waals surface area contributed by atoms with Gasteiger partial charge in [-0.25, -0.2) is 9.78 Å². The number of carboxylic acid groups (broad SMARTS) is 1. The molecule has 0 amide bonds. The third-order valence-electron chi connectivity index (χ3n) is 0.932. The summed E-state index contributed by atoms with van der Waals surface area (Å²) < 4.78 is 0.271. The summed E-state index contributed by atoms with van der Waals surface area (Å²) in [7, 11) is 0. The molecule has 0 atom stereocenters. The molecule has 0 spiro atoms. The Morgan fingerprint density at radius 1 is 1.73 bits per heavy atom. The van der Waals surface area contributed by atoms with Crippen molar-refractivity contribution >= 4 is 28.6 Å². The van der Waals surface area contributed by atoms with Crippen molar-refractivity contribution in [1.29, 1.82) is 0 Å². The molecule has 5 nitrogen and oxygen atoms in total. The van der Waals surface area contributed by atoms with Gasteiger partial charge in [-0.3, -0.25) is 4.79 Å². The van der Waals surface area contributed by atoms with Crippen molar-refractivity contribution in [2.75, 3.05) is 0 Å². The van der Waals surface area contributed by atoms with Crippen LogP contribution >= 0.6 is 22.6 Å². The van der Waals surface area contributed by atoms with Crippen LogP contribution in [0.15, 0.2) is 10.9 Å². The maximum atomic E-state index is 10.7. The summed E-state index contributed by atoms with van der Waals surface area (Å²) >= 11 is 1.73. The van der Waals surface area contributed by atoms with Crippen LogP contribution < -0.4 is 5.56 Å². The SMILES string of the molecule is O=C(O)c1cc(=O)[nH]c(I)n1. The second kappa shape index (κ2) is 2.99. The van der Waals surface area contributed by atoms with E-state index in [0.717, 1.165) is 6.07 Å². The fourth-order valence-corrected chi connectivity index (χ4v) is 1.06. The van der Waals surface area contributed by atoms with E-state index in [-0.39, 0.29) is 9.53 Å². The number of hydrogen-bond donors (Lipinski definition) is 2. The molecule has 0 unspecified atom stereocenters. The molecular weight excluding hydrogens is 263 g/mol. The number of halogens is 1. The van der Waals surface area contributed by atoms with Gasteiger partial charge in [-0.1, -0.05) is 0 Å². The minimum Gasteiger partial charge on any atom is -0.477 e. The standard InChI is InChI=1S/C5H3IN2O3/c6-5-7-2(4(10)11)1-3(9)8-5/h1H,(H,10,11)(H,7,8,9). The van der Waals surface area contributed by atoms with Gasteiger partial charge in [-0.15, -0.1) is 0 Å². The van der Waals surface area contributed by atoms with E-state index in [2.05, 4.69) is 9.97 Å². The molecule has 1 heterocycles. The molecule has 0 saturated carbocycles. The Hall–Kier alpha value is -0.920. The van der Waals surface area contributed by atoms with Gasteiger partial charge in [0, 0.05) is 6.07 Å². The smallest absolute Gasteiger partial charge is 0.354 e. The fraction of sp³-hybridized carbons (Fsp3) is 0. The highest BCUT2D eigenvalue weighted by Crippen LogP contribution is 1.94. The van der Waals surface area contributed by atoms with Crippen LogP contribution in [0, 0.1) is 3.83 Å². The Bertz CT molecular complexity index is 346. The highest BCUT2D eigenvalue weighted by Gasteiger charge is 2.05. The van der Waals surface area contributed by atoms with Crippen molar-refractivity contribution in [1.82, 2.24) is 9.97 Å². The van der Waals surface area contributed by atoms with Crippen LogP contribution in [-0.2, 0) is 0 Å². The van der Waals surface area contributed by atoms with Crippen LogP contribution in [0.25, 0.3) is 0 Å². The molecule has 0 fully saturated rings. The van der Waals surface area contributed by atoms with Gasteiger partial charge in [0.05, 0.1) is 0 Å². The minimum atomic E-state index is -1.20. The molecule has 2 N–H and O–H groups in total. The predicted octanol–water partition coefficient (Wildman–Crippen LogP) is 0.0727. The molecule has 6 heteroatoms. The quantitative estimate of drug-likeness (QED) is 0.556. The number of H-pyrrole nitrogens is 1. The average Bonchev–Trinajstić information content (AvgIpc) is 1.85. The van der Waals surface area contributed by atoms with Crippen molar-refractivity contribution < 1.29 is 9.90 Å². The molecule has 1 rings (SSSR count). The van der Waals surface area contributed by atoms with E-state index in [1.807, 2.05) is 0 Å². The third-order valence-corrected chi connectivity index (χ3v) is 1.44. The molecule has 0 bridgehead atoms. The maximum absolute atomic E-state index is 10.7. The zero-order chi connectivity index (χ0) is 8.43. The highest BCUT2D eigenvalue weighted by molar-refractivity contribution is 14.1. The van der Waals surface area contributed by atoms with Gasteiger partial charge in [-0.2, -0.15) is 0 Å². The highest BCUT2D eigenvalue weighted by atomic mass is 127. The van der Waals surface area contributed by atoms with Crippen LogP contribution in [0.4, 0.5) is 0 Å². The summed E-state index contributed by atoms with van der Waals surface area (Å²) in [6, 6.07) is 0.935. The van der Waals surface area contributed by atoms with Crippen LogP contribution in [0.1, 0.15) is 10.5 Å². The number of aromatic nitrogens is 2. The lowest BCUT2D eigenvalue weighted by Gasteiger charge is -1.91. The van der Waals surface area contributed by atoms with Gasteiger partial charge >= 0.3 is 5.97 Å². The van der Waals surface area contributed by atoms with E-state index >= 15 is 0 Å². The van der Waals surface area contributed by atoms with Gasteiger partial charge in [-0.05, 0) is 22.6 Å². The molecule has 1 aromatic heterocycles. The van der Waals surface area contributed by atoms with Gasteiger partial charge in [0.25, 0.3) is 5.56 Å². The Balaban J connectivity index is 3.30. The number of nitrogens with zero attached hydrogens (tertiary/aromatic N) is 1. The van der Waals surface area contributed by atoms with Crippen molar-refractivity contribution in [2.24, 2.45) is 0 Å². The fourth-order valence-electron chi connectivity index (χ4n) is 0.537. The summed E-state index contributed by atoms with van der Waals surface area (Å²) in [6.45, 7) is 0. The first-order valence-electron chi connectivity index (χ1n) is 2.60. The second-order valence-electron chi connectivity index (χ2n) is 1.73. The molecule has 58 valence electrons. The summed E-state index contributed by atoms with van der Waals surface area (Å²) in [5.74, 6) is -1.20. The van der Waals surface area contributed by atoms with Crippen LogP contribution in [0.3, 0.4) is 0 Å². The zero-order valence-corrected chi connectivity index (χ0v) is 7.32.